The van der Waals surface area contributed by atoms with E-state index in [0.29, 0.717) is 35.5 Å². The molecular weight excluding hydrogens is 394 g/mol. The summed E-state index contributed by atoms with van der Waals surface area (Å²) in [6, 6.07) is 4.80. The smallest absolute Gasteiger partial charge is 0.338 e. The van der Waals surface area contributed by atoms with E-state index in [4.69, 9.17) is 4.74 Å². The van der Waals surface area contributed by atoms with E-state index in [2.05, 4.69) is 10.3 Å². The lowest BCUT2D eigenvalue weighted by atomic mass is 9.89. The van der Waals surface area contributed by atoms with Crippen LogP contribution < -0.4 is 10.9 Å². The molecule has 1 aliphatic heterocycles. The van der Waals surface area contributed by atoms with Crippen LogP contribution in [-0.2, 0) is 22.5 Å². The Kier molecular flexibility index (Phi) is 6.68. The maximum absolute atomic E-state index is 12.8. The summed E-state index contributed by atoms with van der Waals surface area (Å²) in [6.45, 7) is 2.91. The molecule has 31 heavy (non-hydrogen) atoms. The molecule has 1 aromatic carbocycles. The summed E-state index contributed by atoms with van der Waals surface area (Å²) in [5.74, 6) is 0.429. The van der Waals surface area contributed by atoms with Crippen LogP contribution in [0.1, 0.15) is 74.5 Å². The topological polar surface area (TPSA) is 90.3 Å². The fraction of sp³-hybridized carbons (Fsp3) is 0.583. The van der Waals surface area contributed by atoms with E-state index in [9.17, 15) is 14.4 Å². The zero-order valence-corrected chi connectivity index (χ0v) is 18.2. The zero-order valence-electron chi connectivity index (χ0n) is 18.2. The van der Waals surface area contributed by atoms with Crippen LogP contribution in [0.2, 0.25) is 0 Å². The van der Waals surface area contributed by atoms with Crippen molar-refractivity contribution in [3.05, 3.63) is 39.9 Å². The Morgan fingerprint density at radius 3 is 2.74 bits per heavy atom. The second kappa shape index (κ2) is 9.62. The Balaban J connectivity index is 1.43. The molecule has 2 heterocycles. The van der Waals surface area contributed by atoms with Crippen LogP contribution in [-0.4, -0.2) is 34.1 Å². The molecule has 0 spiro atoms. The number of benzene rings is 1. The second-order valence-electron chi connectivity index (χ2n) is 8.82. The van der Waals surface area contributed by atoms with Crippen molar-refractivity contribution >= 4 is 22.8 Å². The highest BCUT2D eigenvalue weighted by molar-refractivity contribution is 5.95. The molecule has 1 amide bonds. The molecule has 1 fully saturated rings. The van der Waals surface area contributed by atoms with Gasteiger partial charge in [-0.25, -0.2) is 9.78 Å². The minimum absolute atomic E-state index is 0.0581. The van der Waals surface area contributed by atoms with Gasteiger partial charge in [0, 0.05) is 19.5 Å². The molecule has 1 atom stereocenters. The van der Waals surface area contributed by atoms with Crippen LogP contribution in [0.5, 0.6) is 0 Å². The highest BCUT2D eigenvalue weighted by atomic mass is 16.5. The van der Waals surface area contributed by atoms with E-state index in [1.165, 1.54) is 19.3 Å². The number of carbonyl (C=O) groups is 2. The number of esters is 1. The quantitative estimate of drug-likeness (QED) is 0.742. The summed E-state index contributed by atoms with van der Waals surface area (Å²) < 4.78 is 7.14. The largest absolute Gasteiger partial charge is 0.449 e. The number of nitrogens with one attached hydrogen (secondary N) is 1. The third kappa shape index (κ3) is 4.97. The molecule has 1 aliphatic carbocycles. The molecular formula is C24H31N3O4. The Hall–Kier alpha value is -2.70. The summed E-state index contributed by atoms with van der Waals surface area (Å²) in [5.41, 5.74) is 0.740. The lowest BCUT2D eigenvalue weighted by Gasteiger charge is -2.22. The first-order chi connectivity index (χ1) is 15.0. The maximum Gasteiger partial charge on any atom is 0.338 e. The van der Waals surface area contributed by atoms with Crippen LogP contribution in [0.4, 0.5) is 0 Å². The summed E-state index contributed by atoms with van der Waals surface area (Å²) in [5, 5.41) is 3.41. The monoisotopic (exact) mass is 425 g/mol. The van der Waals surface area contributed by atoms with Crippen molar-refractivity contribution in [2.75, 3.05) is 6.54 Å². The fourth-order valence-electron chi connectivity index (χ4n) is 4.61. The number of ether oxygens (including phenoxy) is 1. The van der Waals surface area contributed by atoms with E-state index < -0.39 is 12.1 Å². The first-order valence-corrected chi connectivity index (χ1v) is 11.5. The van der Waals surface area contributed by atoms with Crippen molar-refractivity contribution in [1.29, 1.82) is 0 Å². The maximum atomic E-state index is 12.8. The number of rotatable bonds is 5. The number of carbonyl (C=O) groups excluding carboxylic acids is 2. The predicted octanol–water partition coefficient (Wildman–Crippen LogP) is 3.36. The van der Waals surface area contributed by atoms with E-state index in [1.54, 1.807) is 29.7 Å². The molecule has 0 unspecified atom stereocenters. The molecule has 1 aromatic heterocycles. The van der Waals surface area contributed by atoms with Gasteiger partial charge in [0.1, 0.15) is 5.82 Å². The highest BCUT2D eigenvalue weighted by Crippen LogP contribution is 2.23. The summed E-state index contributed by atoms with van der Waals surface area (Å²) >= 11 is 0. The van der Waals surface area contributed by atoms with Gasteiger partial charge in [0.05, 0.1) is 16.5 Å². The predicted molar refractivity (Wildman–Crippen MR) is 118 cm³/mol. The van der Waals surface area contributed by atoms with Gasteiger partial charge in [0.25, 0.3) is 11.5 Å². The Morgan fingerprint density at radius 1 is 1.16 bits per heavy atom. The molecule has 1 saturated carbocycles. The fourth-order valence-corrected chi connectivity index (χ4v) is 4.61. The minimum atomic E-state index is -0.877. The number of hydrogen-bond acceptors (Lipinski definition) is 5. The number of aromatic nitrogens is 2. The van der Waals surface area contributed by atoms with Gasteiger partial charge in [-0.15, -0.1) is 0 Å². The van der Waals surface area contributed by atoms with Gasteiger partial charge in [0.15, 0.2) is 6.10 Å². The average Bonchev–Trinajstić information content (AvgIpc) is 3.03. The van der Waals surface area contributed by atoms with Gasteiger partial charge in [-0.05, 0) is 56.7 Å². The van der Waals surface area contributed by atoms with Crippen LogP contribution in [0.15, 0.2) is 23.0 Å². The molecule has 2 aliphatic rings. The standard InChI is InChI=1S/C24H31N3O4/c1-16(22(28)25-15-17-8-4-2-5-9-17)31-24(30)18-11-12-19-20(14-18)26-21-10-6-3-7-13-27(21)23(19)29/h11-12,14,16-17H,2-10,13,15H2,1H3,(H,25,28)/t16-/m1/s1. The van der Waals surface area contributed by atoms with Crippen molar-refractivity contribution in [3.63, 3.8) is 0 Å². The molecule has 166 valence electrons. The number of hydrogen-bond donors (Lipinski definition) is 1. The lowest BCUT2D eigenvalue weighted by molar-refractivity contribution is -0.129. The number of amides is 1. The third-order valence-electron chi connectivity index (χ3n) is 6.49. The molecule has 1 N–H and O–H groups in total. The Bertz CT molecular complexity index is 1020. The normalized spacial score (nSPS) is 18.1. The van der Waals surface area contributed by atoms with Crippen molar-refractivity contribution < 1.29 is 14.3 Å². The van der Waals surface area contributed by atoms with Gasteiger partial charge in [-0.1, -0.05) is 25.7 Å². The Labute approximate surface area is 182 Å². The SMILES string of the molecule is C[C@@H](OC(=O)c1ccc2c(=O)n3c(nc2c1)CCCCC3)C(=O)NCC1CCCCC1. The highest BCUT2D eigenvalue weighted by Gasteiger charge is 2.22. The zero-order chi connectivity index (χ0) is 21.8. The van der Waals surface area contributed by atoms with E-state index in [1.807, 2.05) is 0 Å². The van der Waals surface area contributed by atoms with Crippen molar-refractivity contribution in [1.82, 2.24) is 14.9 Å². The summed E-state index contributed by atoms with van der Waals surface area (Å²) in [7, 11) is 0. The van der Waals surface area contributed by atoms with E-state index in [0.717, 1.165) is 44.3 Å². The molecule has 0 saturated heterocycles. The molecule has 4 rings (SSSR count). The number of nitrogens with zero attached hydrogens (tertiary/aromatic N) is 2. The second-order valence-corrected chi connectivity index (χ2v) is 8.82. The van der Waals surface area contributed by atoms with Gasteiger partial charge in [-0.3, -0.25) is 14.2 Å². The van der Waals surface area contributed by atoms with Crippen LogP contribution in [0.3, 0.4) is 0 Å². The average molecular weight is 426 g/mol. The van der Waals surface area contributed by atoms with Gasteiger partial charge >= 0.3 is 5.97 Å². The lowest BCUT2D eigenvalue weighted by Crippen LogP contribution is -2.38. The van der Waals surface area contributed by atoms with Crippen molar-refractivity contribution in [2.24, 2.45) is 5.92 Å². The van der Waals surface area contributed by atoms with Gasteiger partial charge in [-0.2, -0.15) is 0 Å². The molecule has 0 radical (unpaired) electrons. The molecule has 0 bridgehead atoms. The van der Waals surface area contributed by atoms with E-state index >= 15 is 0 Å². The van der Waals surface area contributed by atoms with Crippen LogP contribution >= 0.6 is 0 Å². The first-order valence-electron chi connectivity index (χ1n) is 11.5. The van der Waals surface area contributed by atoms with E-state index in [-0.39, 0.29) is 11.5 Å². The molecule has 2 aromatic rings. The van der Waals surface area contributed by atoms with Crippen LogP contribution in [0, 0.1) is 5.92 Å². The van der Waals surface area contributed by atoms with Crippen LogP contribution in [0.25, 0.3) is 10.9 Å². The third-order valence-corrected chi connectivity index (χ3v) is 6.49. The summed E-state index contributed by atoms with van der Waals surface area (Å²) in [4.78, 5) is 42.5. The van der Waals surface area contributed by atoms with Gasteiger partial charge in [0.2, 0.25) is 0 Å². The van der Waals surface area contributed by atoms with Crippen molar-refractivity contribution in [2.45, 2.75) is 77.4 Å². The summed E-state index contributed by atoms with van der Waals surface area (Å²) in [6.07, 6.45) is 8.94. The minimum Gasteiger partial charge on any atom is -0.449 e. The molecule has 7 nitrogen and oxygen atoms in total. The first kappa shape index (κ1) is 21.5. The Morgan fingerprint density at radius 2 is 1.94 bits per heavy atom. The molecule has 7 heteroatoms. The van der Waals surface area contributed by atoms with Crippen molar-refractivity contribution in [3.8, 4) is 0 Å². The number of aryl methyl sites for hydroxylation is 1. The van der Waals surface area contributed by atoms with Gasteiger partial charge < -0.3 is 10.1 Å². The number of fused-ring (bicyclic) bond motifs is 2.